The minimum absolute atomic E-state index is 0.0430. The molecule has 1 amide bonds. The Balaban J connectivity index is 2.78. The van der Waals surface area contributed by atoms with E-state index in [1.807, 2.05) is 0 Å². The van der Waals surface area contributed by atoms with Gasteiger partial charge in [-0.3, -0.25) is 0 Å². The maximum Gasteiger partial charge on any atom is 0.410 e. The number of terminal acetylenes is 1. The molecule has 18 heavy (non-hydrogen) atoms. The zero-order valence-corrected chi connectivity index (χ0v) is 10.6. The monoisotopic (exact) mass is 263 g/mol. The van der Waals surface area contributed by atoms with E-state index in [1.54, 1.807) is 26.7 Å². The molecule has 6 heteroatoms. The quantitative estimate of drug-likeness (QED) is 0.629. The van der Waals surface area contributed by atoms with E-state index in [-0.39, 0.29) is 13.0 Å². The molecule has 1 saturated heterocycles. The van der Waals surface area contributed by atoms with Crippen molar-refractivity contribution in [1.29, 1.82) is 0 Å². The third kappa shape index (κ3) is 2.89. The van der Waals surface area contributed by atoms with Crippen LogP contribution >= 0.6 is 0 Å². The van der Waals surface area contributed by atoms with Crippen molar-refractivity contribution in [2.24, 2.45) is 5.41 Å². The standard InChI is InChI=1S/C12H16F3NO2/c1-5-11(12(13,14)15)6-7-16(8-11)9(17)18-10(2,3)4/h1H,6-8H2,2-4H3. The molecule has 1 fully saturated rings. The van der Waals surface area contributed by atoms with E-state index in [1.165, 1.54) is 0 Å². The van der Waals surface area contributed by atoms with Gasteiger partial charge in [-0.05, 0) is 27.2 Å². The summed E-state index contributed by atoms with van der Waals surface area (Å²) in [7, 11) is 0. The van der Waals surface area contributed by atoms with Crippen molar-refractivity contribution >= 4 is 6.09 Å². The molecule has 0 bridgehead atoms. The van der Waals surface area contributed by atoms with Crippen LogP contribution in [0.3, 0.4) is 0 Å². The van der Waals surface area contributed by atoms with E-state index in [0.717, 1.165) is 4.90 Å². The van der Waals surface area contributed by atoms with E-state index in [0.29, 0.717) is 0 Å². The Labute approximate surface area is 104 Å². The van der Waals surface area contributed by atoms with Crippen LogP contribution in [-0.2, 0) is 4.74 Å². The normalized spacial score (nSPS) is 24.8. The third-order valence-electron chi connectivity index (χ3n) is 2.74. The molecule has 102 valence electrons. The van der Waals surface area contributed by atoms with Crippen molar-refractivity contribution < 1.29 is 22.7 Å². The molecule has 1 rings (SSSR count). The van der Waals surface area contributed by atoms with Gasteiger partial charge in [0.05, 0.1) is 0 Å². The molecule has 3 nitrogen and oxygen atoms in total. The number of alkyl halides is 3. The number of halogens is 3. The number of hydrogen-bond acceptors (Lipinski definition) is 2. The van der Waals surface area contributed by atoms with Crippen LogP contribution in [0.25, 0.3) is 0 Å². The van der Waals surface area contributed by atoms with Crippen LogP contribution in [0, 0.1) is 17.8 Å². The summed E-state index contributed by atoms with van der Waals surface area (Å²) in [6.45, 7) is 4.37. The number of rotatable bonds is 0. The summed E-state index contributed by atoms with van der Waals surface area (Å²) in [5, 5.41) is 0. The van der Waals surface area contributed by atoms with E-state index in [2.05, 4.69) is 0 Å². The zero-order chi connectivity index (χ0) is 14.2. The summed E-state index contributed by atoms with van der Waals surface area (Å²) in [5.74, 6) is 1.79. The summed E-state index contributed by atoms with van der Waals surface area (Å²) in [4.78, 5) is 12.7. The van der Waals surface area contributed by atoms with Crippen molar-refractivity contribution in [3.05, 3.63) is 0 Å². The lowest BCUT2D eigenvalue weighted by atomic mass is 9.87. The van der Waals surface area contributed by atoms with Crippen molar-refractivity contribution in [1.82, 2.24) is 4.90 Å². The number of carbonyl (C=O) groups is 1. The van der Waals surface area contributed by atoms with Crippen LogP contribution in [0.1, 0.15) is 27.2 Å². The SMILES string of the molecule is C#CC1(C(F)(F)F)CCN(C(=O)OC(C)(C)C)C1. The first kappa shape index (κ1) is 14.7. The molecular weight excluding hydrogens is 247 g/mol. The highest BCUT2D eigenvalue weighted by atomic mass is 19.4. The molecule has 0 aromatic rings. The van der Waals surface area contributed by atoms with E-state index >= 15 is 0 Å². The first-order valence-corrected chi connectivity index (χ1v) is 5.53. The molecule has 0 aliphatic carbocycles. The molecule has 0 radical (unpaired) electrons. The van der Waals surface area contributed by atoms with Crippen molar-refractivity contribution in [3.63, 3.8) is 0 Å². The van der Waals surface area contributed by atoms with Gasteiger partial charge in [-0.2, -0.15) is 13.2 Å². The molecule has 1 unspecified atom stereocenters. The molecule has 1 aliphatic rings. The maximum absolute atomic E-state index is 12.9. The van der Waals surface area contributed by atoms with Gasteiger partial charge in [-0.15, -0.1) is 6.42 Å². The Hall–Kier alpha value is -1.38. The fourth-order valence-electron chi connectivity index (χ4n) is 1.72. The Kier molecular flexibility index (Phi) is 3.57. The fraction of sp³-hybridized carbons (Fsp3) is 0.750. The van der Waals surface area contributed by atoms with Crippen molar-refractivity contribution in [2.45, 2.75) is 39.0 Å². The lowest BCUT2D eigenvalue weighted by molar-refractivity contribution is -0.197. The minimum Gasteiger partial charge on any atom is -0.444 e. The van der Waals surface area contributed by atoms with Crippen LogP contribution in [0.4, 0.5) is 18.0 Å². The Morgan fingerprint density at radius 2 is 1.94 bits per heavy atom. The predicted octanol–water partition coefficient (Wildman–Crippen LogP) is 2.81. The van der Waals surface area contributed by atoms with Crippen LogP contribution < -0.4 is 0 Å². The first-order valence-electron chi connectivity index (χ1n) is 5.53. The van der Waals surface area contributed by atoms with Gasteiger partial charge in [0.25, 0.3) is 0 Å². The summed E-state index contributed by atoms with van der Waals surface area (Å²) >= 11 is 0. The van der Waals surface area contributed by atoms with Crippen molar-refractivity contribution in [3.8, 4) is 12.3 Å². The van der Waals surface area contributed by atoms with Gasteiger partial charge >= 0.3 is 12.3 Å². The highest BCUT2D eigenvalue weighted by Crippen LogP contribution is 2.45. The number of amides is 1. The van der Waals surface area contributed by atoms with E-state index in [4.69, 9.17) is 11.2 Å². The van der Waals surface area contributed by atoms with Gasteiger partial charge in [0.2, 0.25) is 0 Å². The first-order chi connectivity index (χ1) is 8.01. The molecule has 0 N–H and O–H groups in total. The smallest absolute Gasteiger partial charge is 0.410 e. The van der Waals surface area contributed by atoms with Gasteiger partial charge in [0.15, 0.2) is 0 Å². The Morgan fingerprint density at radius 1 is 1.39 bits per heavy atom. The maximum atomic E-state index is 12.9. The average molecular weight is 263 g/mol. The van der Waals surface area contributed by atoms with Gasteiger partial charge in [0, 0.05) is 13.1 Å². The summed E-state index contributed by atoms with van der Waals surface area (Å²) in [6, 6.07) is 0. The molecule has 0 saturated carbocycles. The number of hydrogen-bond donors (Lipinski definition) is 0. The average Bonchev–Trinajstić information content (AvgIpc) is 2.59. The molecule has 1 heterocycles. The number of carbonyl (C=O) groups excluding carboxylic acids is 1. The molecular formula is C12H16F3NO2. The lowest BCUT2D eigenvalue weighted by Gasteiger charge is -2.27. The Bertz CT molecular complexity index is 378. The van der Waals surface area contributed by atoms with Crippen molar-refractivity contribution in [2.75, 3.05) is 13.1 Å². The predicted molar refractivity (Wildman–Crippen MR) is 59.7 cm³/mol. The van der Waals surface area contributed by atoms with Gasteiger partial charge < -0.3 is 9.64 Å². The number of likely N-dealkylation sites (tertiary alicyclic amines) is 1. The molecule has 1 aliphatic heterocycles. The highest BCUT2D eigenvalue weighted by Gasteiger charge is 2.58. The fourth-order valence-corrected chi connectivity index (χ4v) is 1.72. The van der Waals surface area contributed by atoms with Crippen LogP contribution in [0.5, 0.6) is 0 Å². The second-order valence-corrected chi connectivity index (χ2v) is 5.38. The van der Waals surface area contributed by atoms with E-state index < -0.39 is 29.8 Å². The summed E-state index contributed by atoms with van der Waals surface area (Å²) in [5.41, 5.74) is -2.99. The minimum atomic E-state index is -4.52. The molecule has 1 atom stereocenters. The lowest BCUT2D eigenvalue weighted by Crippen LogP contribution is -2.42. The van der Waals surface area contributed by atoms with Gasteiger partial charge in [-0.25, -0.2) is 4.79 Å². The van der Waals surface area contributed by atoms with Crippen LogP contribution in [-0.4, -0.2) is 35.9 Å². The number of ether oxygens (including phenoxy) is 1. The molecule has 0 spiro atoms. The molecule has 0 aromatic heterocycles. The second-order valence-electron chi connectivity index (χ2n) is 5.38. The highest BCUT2D eigenvalue weighted by molar-refractivity contribution is 5.68. The topological polar surface area (TPSA) is 29.5 Å². The number of nitrogens with zero attached hydrogens (tertiary/aromatic N) is 1. The summed E-state index contributed by atoms with van der Waals surface area (Å²) < 4.78 is 43.6. The zero-order valence-electron chi connectivity index (χ0n) is 10.6. The second kappa shape index (κ2) is 4.38. The largest absolute Gasteiger partial charge is 0.444 e. The third-order valence-corrected chi connectivity index (χ3v) is 2.74. The van der Waals surface area contributed by atoms with Crippen LogP contribution in [0.2, 0.25) is 0 Å². The van der Waals surface area contributed by atoms with Gasteiger partial charge in [0.1, 0.15) is 11.0 Å². The Morgan fingerprint density at radius 3 is 2.28 bits per heavy atom. The molecule has 0 aromatic carbocycles. The van der Waals surface area contributed by atoms with Gasteiger partial charge in [-0.1, -0.05) is 5.92 Å². The van der Waals surface area contributed by atoms with E-state index in [9.17, 15) is 18.0 Å². The summed E-state index contributed by atoms with van der Waals surface area (Å²) in [6.07, 6.45) is -0.565. The van der Waals surface area contributed by atoms with Crippen LogP contribution in [0.15, 0.2) is 0 Å².